The van der Waals surface area contributed by atoms with Gasteiger partial charge in [-0.3, -0.25) is 4.90 Å². The van der Waals surface area contributed by atoms with Gasteiger partial charge in [-0.2, -0.15) is 0 Å². The lowest BCUT2D eigenvalue weighted by atomic mass is 9.90. The van der Waals surface area contributed by atoms with Crippen molar-refractivity contribution in [3.8, 4) is 0 Å². The molecule has 2 nitrogen and oxygen atoms in total. The zero-order chi connectivity index (χ0) is 13.8. The third-order valence-corrected chi connectivity index (χ3v) is 4.80. The lowest BCUT2D eigenvalue weighted by molar-refractivity contribution is 0.149. The van der Waals surface area contributed by atoms with Gasteiger partial charge in [0.15, 0.2) is 0 Å². The van der Waals surface area contributed by atoms with E-state index in [0.717, 1.165) is 41.5 Å². The van der Waals surface area contributed by atoms with Gasteiger partial charge in [0.2, 0.25) is 0 Å². The molecular weight excluding hydrogens is 279 g/mol. The highest BCUT2D eigenvalue weighted by Crippen LogP contribution is 2.29. The molecule has 1 aliphatic rings. The normalized spacial score (nSPS) is 23.8. The van der Waals surface area contributed by atoms with Crippen LogP contribution in [0.3, 0.4) is 0 Å². The van der Waals surface area contributed by atoms with Crippen LogP contribution in [-0.2, 0) is 6.54 Å². The minimum absolute atomic E-state index is 0.388. The maximum atomic E-state index is 6.26. The van der Waals surface area contributed by atoms with Crippen molar-refractivity contribution in [1.82, 2.24) is 4.90 Å². The molecule has 0 aromatic heterocycles. The van der Waals surface area contributed by atoms with Gasteiger partial charge in [-0.15, -0.1) is 0 Å². The number of hydrogen-bond acceptors (Lipinski definition) is 2. The fraction of sp³-hybridized carbons (Fsp3) is 0.600. The van der Waals surface area contributed by atoms with E-state index in [-0.39, 0.29) is 0 Å². The SMILES string of the molecule is CCN(Cc1c(Cl)cccc1Cl)C1CCC(N)CC1. The van der Waals surface area contributed by atoms with Gasteiger partial charge in [-0.1, -0.05) is 36.2 Å². The van der Waals surface area contributed by atoms with Crippen molar-refractivity contribution in [2.45, 2.75) is 51.2 Å². The largest absolute Gasteiger partial charge is 0.328 e. The van der Waals surface area contributed by atoms with Crippen molar-refractivity contribution in [2.75, 3.05) is 6.54 Å². The van der Waals surface area contributed by atoms with Gasteiger partial charge in [0.05, 0.1) is 0 Å². The molecule has 0 atom stereocenters. The Hall–Kier alpha value is -0.280. The lowest BCUT2D eigenvalue weighted by Crippen LogP contribution is -2.40. The van der Waals surface area contributed by atoms with Crippen LogP contribution in [0.2, 0.25) is 10.0 Å². The van der Waals surface area contributed by atoms with E-state index >= 15 is 0 Å². The van der Waals surface area contributed by atoms with Gasteiger partial charge in [0.25, 0.3) is 0 Å². The van der Waals surface area contributed by atoms with E-state index in [1.165, 1.54) is 12.8 Å². The summed E-state index contributed by atoms with van der Waals surface area (Å²) in [6.45, 7) is 4.04. The molecule has 1 aromatic rings. The summed E-state index contributed by atoms with van der Waals surface area (Å²) >= 11 is 12.5. The van der Waals surface area contributed by atoms with E-state index in [4.69, 9.17) is 28.9 Å². The predicted molar refractivity (Wildman–Crippen MR) is 82.8 cm³/mol. The van der Waals surface area contributed by atoms with Crippen LogP contribution in [0.25, 0.3) is 0 Å². The average molecular weight is 301 g/mol. The van der Waals surface area contributed by atoms with Crippen molar-refractivity contribution < 1.29 is 0 Å². The van der Waals surface area contributed by atoms with Gasteiger partial charge in [-0.25, -0.2) is 0 Å². The van der Waals surface area contributed by atoms with Crippen molar-refractivity contribution in [1.29, 1.82) is 0 Å². The molecule has 0 amide bonds. The molecule has 4 heteroatoms. The maximum Gasteiger partial charge on any atom is 0.0465 e. The fourth-order valence-electron chi connectivity index (χ4n) is 2.85. The summed E-state index contributed by atoms with van der Waals surface area (Å²) in [5.41, 5.74) is 7.02. The van der Waals surface area contributed by atoms with E-state index in [1.807, 2.05) is 18.2 Å². The van der Waals surface area contributed by atoms with Gasteiger partial charge in [-0.05, 0) is 44.4 Å². The van der Waals surface area contributed by atoms with Gasteiger partial charge in [0.1, 0.15) is 0 Å². The Labute approximate surface area is 125 Å². The molecule has 1 saturated carbocycles. The molecule has 1 aliphatic carbocycles. The molecule has 106 valence electrons. The third-order valence-electron chi connectivity index (χ3n) is 4.09. The summed E-state index contributed by atoms with van der Waals surface area (Å²) in [5.74, 6) is 0. The minimum atomic E-state index is 0.388. The van der Waals surface area contributed by atoms with Crippen LogP contribution in [0.5, 0.6) is 0 Å². The molecule has 0 saturated heterocycles. The number of hydrogen-bond donors (Lipinski definition) is 1. The second-order valence-electron chi connectivity index (χ2n) is 5.33. The Morgan fingerprint density at radius 3 is 2.26 bits per heavy atom. The zero-order valence-electron chi connectivity index (χ0n) is 11.4. The quantitative estimate of drug-likeness (QED) is 0.907. The number of nitrogens with two attached hydrogens (primary N) is 1. The average Bonchev–Trinajstić information content (AvgIpc) is 2.40. The Morgan fingerprint density at radius 1 is 1.16 bits per heavy atom. The van der Waals surface area contributed by atoms with E-state index in [9.17, 15) is 0 Å². The molecule has 0 unspecified atom stereocenters. The molecule has 0 bridgehead atoms. The first-order valence-corrected chi connectivity index (χ1v) is 7.80. The van der Waals surface area contributed by atoms with Crippen LogP contribution >= 0.6 is 23.2 Å². The topological polar surface area (TPSA) is 29.3 Å². The van der Waals surface area contributed by atoms with Gasteiger partial charge < -0.3 is 5.73 Å². The highest BCUT2D eigenvalue weighted by molar-refractivity contribution is 6.35. The molecule has 1 fully saturated rings. The second kappa shape index (κ2) is 6.94. The smallest absolute Gasteiger partial charge is 0.0465 e. The van der Waals surface area contributed by atoms with Crippen LogP contribution in [0, 0.1) is 0 Å². The van der Waals surface area contributed by atoms with Crippen molar-refractivity contribution in [3.05, 3.63) is 33.8 Å². The standard InChI is InChI=1S/C15H22Cl2N2/c1-2-19(12-8-6-11(18)7-9-12)10-13-14(16)4-3-5-15(13)17/h3-5,11-12H,2,6-10,18H2,1H3. The first-order chi connectivity index (χ1) is 9.11. The van der Waals surface area contributed by atoms with Gasteiger partial charge in [0, 0.05) is 34.2 Å². The first kappa shape index (κ1) is 15.1. The Kier molecular flexibility index (Phi) is 5.52. The highest BCUT2D eigenvalue weighted by Gasteiger charge is 2.24. The van der Waals surface area contributed by atoms with Crippen LogP contribution in [0.15, 0.2) is 18.2 Å². The number of nitrogens with zero attached hydrogens (tertiary/aromatic N) is 1. The van der Waals surface area contributed by atoms with Crippen LogP contribution < -0.4 is 5.73 Å². The van der Waals surface area contributed by atoms with Crippen LogP contribution in [0.4, 0.5) is 0 Å². The predicted octanol–water partition coefficient (Wildman–Crippen LogP) is 4.09. The Bertz CT molecular complexity index is 394. The van der Waals surface area contributed by atoms with Gasteiger partial charge >= 0.3 is 0 Å². The van der Waals surface area contributed by atoms with E-state index in [0.29, 0.717) is 12.1 Å². The van der Waals surface area contributed by atoms with Crippen LogP contribution in [-0.4, -0.2) is 23.5 Å². The number of rotatable bonds is 4. The van der Waals surface area contributed by atoms with E-state index in [2.05, 4.69) is 11.8 Å². The maximum absolute atomic E-state index is 6.26. The number of halogens is 2. The lowest BCUT2D eigenvalue weighted by Gasteiger charge is -2.35. The molecular formula is C15H22Cl2N2. The molecule has 0 radical (unpaired) electrons. The molecule has 0 aliphatic heterocycles. The van der Waals surface area contributed by atoms with Crippen molar-refractivity contribution in [3.63, 3.8) is 0 Å². The van der Waals surface area contributed by atoms with Crippen LogP contribution in [0.1, 0.15) is 38.2 Å². The molecule has 1 aromatic carbocycles. The molecule has 0 spiro atoms. The monoisotopic (exact) mass is 300 g/mol. The fourth-order valence-corrected chi connectivity index (χ4v) is 3.37. The summed E-state index contributed by atoms with van der Waals surface area (Å²) in [7, 11) is 0. The second-order valence-corrected chi connectivity index (χ2v) is 6.15. The summed E-state index contributed by atoms with van der Waals surface area (Å²) in [6.07, 6.45) is 4.60. The molecule has 2 N–H and O–H groups in total. The molecule has 19 heavy (non-hydrogen) atoms. The van der Waals surface area contributed by atoms with E-state index < -0.39 is 0 Å². The zero-order valence-corrected chi connectivity index (χ0v) is 12.9. The molecule has 2 rings (SSSR count). The summed E-state index contributed by atoms with van der Waals surface area (Å²) in [5, 5.41) is 1.52. The highest BCUT2D eigenvalue weighted by atomic mass is 35.5. The summed E-state index contributed by atoms with van der Waals surface area (Å²) < 4.78 is 0. The third kappa shape index (κ3) is 3.85. The van der Waals surface area contributed by atoms with Crippen molar-refractivity contribution in [2.24, 2.45) is 5.73 Å². The van der Waals surface area contributed by atoms with Crippen molar-refractivity contribution >= 4 is 23.2 Å². The first-order valence-electron chi connectivity index (χ1n) is 7.04. The summed E-state index contributed by atoms with van der Waals surface area (Å²) in [4.78, 5) is 2.47. The number of benzene rings is 1. The molecule has 0 heterocycles. The minimum Gasteiger partial charge on any atom is -0.328 e. The Balaban J connectivity index is 2.06. The summed E-state index contributed by atoms with van der Waals surface area (Å²) in [6, 6.07) is 6.71. The Morgan fingerprint density at radius 2 is 1.74 bits per heavy atom. The van der Waals surface area contributed by atoms with E-state index in [1.54, 1.807) is 0 Å².